The quantitative estimate of drug-likeness (QED) is 0.697. The fourth-order valence-corrected chi connectivity index (χ4v) is 2.63. The Hall–Kier alpha value is -2.27. The van der Waals surface area contributed by atoms with E-state index in [1.807, 2.05) is 30.3 Å². The molecule has 4 nitrogen and oxygen atoms in total. The van der Waals surface area contributed by atoms with Crippen LogP contribution < -0.4 is 4.74 Å². The summed E-state index contributed by atoms with van der Waals surface area (Å²) in [6.45, 7) is 2.08. The van der Waals surface area contributed by atoms with Crippen molar-refractivity contribution in [3.63, 3.8) is 0 Å². The van der Waals surface area contributed by atoms with Gasteiger partial charge >= 0.3 is 0 Å². The fraction of sp³-hybridized carbons (Fsp3) is 0.118. The Balaban J connectivity index is 2.01. The SMILES string of the molecule is CCc1ccccc1Oc1cn[nH]c1-c1cc(Br)ccc1O. The molecule has 1 heterocycles. The average Bonchev–Trinajstić information content (AvgIpc) is 2.98. The number of halogens is 1. The molecule has 5 heteroatoms. The summed E-state index contributed by atoms with van der Waals surface area (Å²) in [5.74, 6) is 1.54. The van der Waals surface area contributed by atoms with Crippen molar-refractivity contribution >= 4 is 15.9 Å². The lowest BCUT2D eigenvalue weighted by molar-refractivity contribution is 0.470. The van der Waals surface area contributed by atoms with Crippen molar-refractivity contribution in [2.24, 2.45) is 0 Å². The number of nitrogens with zero attached hydrogens (tertiary/aromatic N) is 1. The summed E-state index contributed by atoms with van der Waals surface area (Å²) >= 11 is 3.41. The van der Waals surface area contributed by atoms with E-state index in [0.717, 1.165) is 22.2 Å². The smallest absolute Gasteiger partial charge is 0.173 e. The van der Waals surface area contributed by atoms with Crippen molar-refractivity contribution in [3.8, 4) is 28.5 Å². The number of phenols is 1. The second-order valence-corrected chi connectivity index (χ2v) is 5.75. The molecule has 3 rings (SSSR count). The van der Waals surface area contributed by atoms with Gasteiger partial charge in [-0.15, -0.1) is 0 Å². The van der Waals surface area contributed by atoms with Crippen LogP contribution in [0.4, 0.5) is 0 Å². The monoisotopic (exact) mass is 358 g/mol. The molecule has 0 aliphatic heterocycles. The van der Waals surface area contributed by atoms with Crippen LogP contribution in [-0.2, 0) is 6.42 Å². The Morgan fingerprint density at radius 3 is 2.82 bits per heavy atom. The largest absolute Gasteiger partial charge is 0.507 e. The first kappa shape index (κ1) is 14.7. The van der Waals surface area contributed by atoms with Crippen LogP contribution in [-0.4, -0.2) is 15.3 Å². The molecule has 0 atom stereocenters. The highest BCUT2D eigenvalue weighted by Gasteiger charge is 2.15. The number of aromatic amines is 1. The van der Waals surface area contributed by atoms with E-state index < -0.39 is 0 Å². The molecule has 0 saturated heterocycles. The molecule has 2 N–H and O–H groups in total. The van der Waals surface area contributed by atoms with Gasteiger partial charge in [-0.3, -0.25) is 5.10 Å². The van der Waals surface area contributed by atoms with Gasteiger partial charge in [0.1, 0.15) is 17.2 Å². The first-order chi connectivity index (χ1) is 10.7. The van der Waals surface area contributed by atoms with E-state index in [9.17, 15) is 5.11 Å². The number of rotatable bonds is 4. The van der Waals surface area contributed by atoms with Crippen LogP contribution in [0.25, 0.3) is 11.3 Å². The number of H-pyrrole nitrogens is 1. The predicted octanol–water partition coefficient (Wildman–Crippen LogP) is 4.90. The molecule has 2 aromatic carbocycles. The van der Waals surface area contributed by atoms with Crippen LogP contribution in [0.2, 0.25) is 0 Å². The molecule has 0 radical (unpaired) electrons. The van der Waals surface area contributed by atoms with Gasteiger partial charge in [0.2, 0.25) is 0 Å². The number of aromatic nitrogens is 2. The van der Waals surface area contributed by atoms with Gasteiger partial charge in [0.05, 0.1) is 6.20 Å². The minimum Gasteiger partial charge on any atom is -0.507 e. The van der Waals surface area contributed by atoms with Crippen molar-refractivity contribution in [3.05, 3.63) is 58.7 Å². The van der Waals surface area contributed by atoms with E-state index in [1.54, 1.807) is 18.3 Å². The topological polar surface area (TPSA) is 58.1 Å². The lowest BCUT2D eigenvalue weighted by Gasteiger charge is -2.10. The summed E-state index contributed by atoms with van der Waals surface area (Å²) < 4.78 is 6.87. The fourth-order valence-electron chi connectivity index (χ4n) is 2.27. The molecule has 0 aliphatic carbocycles. The summed E-state index contributed by atoms with van der Waals surface area (Å²) in [6, 6.07) is 13.1. The van der Waals surface area contributed by atoms with E-state index in [0.29, 0.717) is 17.0 Å². The highest BCUT2D eigenvalue weighted by atomic mass is 79.9. The Morgan fingerprint density at radius 1 is 1.18 bits per heavy atom. The zero-order valence-corrected chi connectivity index (χ0v) is 13.6. The molecule has 3 aromatic rings. The number of hydrogen-bond acceptors (Lipinski definition) is 3. The van der Waals surface area contributed by atoms with Gasteiger partial charge in [-0.1, -0.05) is 41.1 Å². The van der Waals surface area contributed by atoms with Gasteiger partial charge in [-0.05, 0) is 36.2 Å². The maximum Gasteiger partial charge on any atom is 0.173 e. The van der Waals surface area contributed by atoms with E-state index >= 15 is 0 Å². The van der Waals surface area contributed by atoms with E-state index in [1.165, 1.54) is 0 Å². The molecule has 1 aromatic heterocycles. The van der Waals surface area contributed by atoms with E-state index in [2.05, 4.69) is 33.1 Å². The van der Waals surface area contributed by atoms with Crippen molar-refractivity contribution < 1.29 is 9.84 Å². The molecule has 0 amide bonds. The number of nitrogens with one attached hydrogen (secondary N) is 1. The number of aryl methyl sites for hydroxylation is 1. The maximum absolute atomic E-state index is 10.1. The highest BCUT2D eigenvalue weighted by Crippen LogP contribution is 2.38. The summed E-state index contributed by atoms with van der Waals surface area (Å²) in [5, 5.41) is 17.0. The Bertz CT molecular complexity index is 799. The molecular formula is C17H15BrN2O2. The molecule has 112 valence electrons. The Labute approximate surface area is 136 Å². The number of para-hydroxylation sites is 1. The molecule has 0 fully saturated rings. The van der Waals surface area contributed by atoms with Crippen molar-refractivity contribution in [2.75, 3.05) is 0 Å². The number of aromatic hydroxyl groups is 1. The van der Waals surface area contributed by atoms with E-state index in [4.69, 9.17) is 4.74 Å². The van der Waals surface area contributed by atoms with Gasteiger partial charge in [0.15, 0.2) is 5.75 Å². The van der Waals surface area contributed by atoms with Crippen LogP contribution in [0.5, 0.6) is 17.2 Å². The third-order valence-corrected chi connectivity index (χ3v) is 3.90. The third-order valence-electron chi connectivity index (χ3n) is 3.41. The molecular weight excluding hydrogens is 344 g/mol. The van der Waals surface area contributed by atoms with Crippen LogP contribution in [0, 0.1) is 0 Å². The number of hydrogen-bond donors (Lipinski definition) is 2. The lowest BCUT2D eigenvalue weighted by Crippen LogP contribution is -1.91. The number of benzene rings is 2. The van der Waals surface area contributed by atoms with E-state index in [-0.39, 0.29) is 5.75 Å². The summed E-state index contributed by atoms with van der Waals surface area (Å²) in [6.07, 6.45) is 2.49. The predicted molar refractivity (Wildman–Crippen MR) is 89.3 cm³/mol. The number of ether oxygens (including phenoxy) is 1. The number of phenolic OH excluding ortho intramolecular Hbond substituents is 1. The van der Waals surface area contributed by atoms with Gasteiger partial charge < -0.3 is 9.84 Å². The minimum absolute atomic E-state index is 0.168. The first-order valence-corrected chi connectivity index (χ1v) is 7.76. The summed E-state index contributed by atoms with van der Waals surface area (Å²) in [5.41, 5.74) is 2.40. The van der Waals surface area contributed by atoms with Crippen molar-refractivity contribution in [2.45, 2.75) is 13.3 Å². The summed E-state index contributed by atoms with van der Waals surface area (Å²) in [7, 11) is 0. The second-order valence-electron chi connectivity index (χ2n) is 4.83. The zero-order valence-electron chi connectivity index (χ0n) is 12.0. The van der Waals surface area contributed by atoms with Gasteiger partial charge in [0.25, 0.3) is 0 Å². The molecule has 0 unspecified atom stereocenters. The lowest BCUT2D eigenvalue weighted by atomic mass is 10.1. The minimum atomic E-state index is 0.168. The maximum atomic E-state index is 10.1. The Morgan fingerprint density at radius 2 is 2.00 bits per heavy atom. The van der Waals surface area contributed by atoms with Crippen LogP contribution >= 0.6 is 15.9 Å². The van der Waals surface area contributed by atoms with Gasteiger partial charge in [-0.2, -0.15) is 5.10 Å². The zero-order chi connectivity index (χ0) is 15.5. The van der Waals surface area contributed by atoms with Gasteiger partial charge in [0, 0.05) is 10.0 Å². The van der Waals surface area contributed by atoms with Crippen molar-refractivity contribution in [1.29, 1.82) is 0 Å². The average molecular weight is 359 g/mol. The van der Waals surface area contributed by atoms with Crippen LogP contribution in [0.15, 0.2) is 53.1 Å². The Kier molecular flexibility index (Phi) is 4.15. The van der Waals surface area contributed by atoms with Crippen molar-refractivity contribution in [1.82, 2.24) is 10.2 Å². The van der Waals surface area contributed by atoms with Crippen LogP contribution in [0.1, 0.15) is 12.5 Å². The van der Waals surface area contributed by atoms with Gasteiger partial charge in [-0.25, -0.2) is 0 Å². The first-order valence-electron chi connectivity index (χ1n) is 6.97. The molecule has 0 spiro atoms. The van der Waals surface area contributed by atoms with Crippen LogP contribution in [0.3, 0.4) is 0 Å². The summed E-state index contributed by atoms with van der Waals surface area (Å²) in [4.78, 5) is 0. The molecule has 0 bridgehead atoms. The molecule has 22 heavy (non-hydrogen) atoms. The molecule has 0 aliphatic rings. The third kappa shape index (κ3) is 2.85. The normalized spacial score (nSPS) is 10.6. The molecule has 0 saturated carbocycles. The second kappa shape index (κ2) is 6.23. The highest BCUT2D eigenvalue weighted by molar-refractivity contribution is 9.10. The standard InChI is InChI=1S/C17H15BrN2O2/c1-2-11-5-3-4-6-15(11)22-16-10-19-20-17(16)13-9-12(18)7-8-14(13)21/h3-10,21H,2H2,1H3,(H,19,20).